The van der Waals surface area contributed by atoms with E-state index in [1.54, 1.807) is 25.5 Å². The van der Waals surface area contributed by atoms with Gasteiger partial charge in [-0.25, -0.2) is 15.0 Å². The summed E-state index contributed by atoms with van der Waals surface area (Å²) in [5.74, 6) is 2.02. The summed E-state index contributed by atoms with van der Waals surface area (Å²) in [6, 6.07) is 5.75. The van der Waals surface area contributed by atoms with E-state index in [1.165, 1.54) is 10.9 Å². The fraction of sp³-hybridized carbons (Fsp3) is 0.316. The minimum atomic E-state index is 0.252. The van der Waals surface area contributed by atoms with Crippen LogP contribution in [0.5, 0.6) is 0 Å². The van der Waals surface area contributed by atoms with Crippen molar-refractivity contribution in [2.24, 2.45) is 10.2 Å². The van der Waals surface area contributed by atoms with E-state index in [-0.39, 0.29) is 11.4 Å². The summed E-state index contributed by atoms with van der Waals surface area (Å²) in [4.78, 5) is 15.2. The van der Waals surface area contributed by atoms with Gasteiger partial charge in [0.1, 0.15) is 23.1 Å². The molecule has 0 aromatic carbocycles. The quantitative estimate of drug-likeness (QED) is 0.642. The van der Waals surface area contributed by atoms with E-state index in [0.717, 1.165) is 24.5 Å². The Balaban J connectivity index is 1.71. The maximum absolute atomic E-state index is 9.43. The Labute approximate surface area is 173 Å². The van der Waals surface area contributed by atoms with E-state index in [4.69, 9.17) is 9.72 Å². The van der Waals surface area contributed by atoms with Gasteiger partial charge >= 0.3 is 0 Å². The fourth-order valence-corrected chi connectivity index (χ4v) is 3.06. The molecule has 152 valence electrons. The van der Waals surface area contributed by atoms with Gasteiger partial charge in [0.25, 0.3) is 5.95 Å². The molecule has 1 fully saturated rings. The van der Waals surface area contributed by atoms with E-state index < -0.39 is 0 Å². The molecular formula is C19H20N10O. The summed E-state index contributed by atoms with van der Waals surface area (Å²) < 4.78 is 6.80. The summed E-state index contributed by atoms with van der Waals surface area (Å²) in [6.45, 7) is 4.89. The lowest BCUT2D eigenvalue weighted by molar-refractivity contribution is 0.122. The molecule has 11 heteroatoms. The number of azo groups is 1. The highest BCUT2D eigenvalue weighted by molar-refractivity contribution is 5.68. The molecule has 1 aliphatic rings. The first-order chi connectivity index (χ1) is 14.7. The second kappa shape index (κ2) is 8.62. The Hall–Kier alpha value is -3.91. The Bertz CT molecular complexity index is 1100. The minimum absolute atomic E-state index is 0.252. The lowest BCUT2D eigenvalue weighted by Crippen LogP contribution is -2.36. The summed E-state index contributed by atoms with van der Waals surface area (Å²) in [7, 11) is 1.78. The van der Waals surface area contributed by atoms with Gasteiger partial charge in [0.2, 0.25) is 0 Å². The Morgan fingerprint density at radius 3 is 2.67 bits per heavy atom. The third kappa shape index (κ3) is 3.81. The number of ether oxygens (including phenoxy) is 1. The van der Waals surface area contributed by atoms with Gasteiger partial charge in [-0.2, -0.15) is 15.0 Å². The molecule has 0 radical (unpaired) electrons. The fourth-order valence-electron chi connectivity index (χ4n) is 3.06. The van der Waals surface area contributed by atoms with Crippen molar-refractivity contribution in [3.05, 3.63) is 41.9 Å². The molecule has 0 amide bonds. The van der Waals surface area contributed by atoms with Crippen molar-refractivity contribution in [1.29, 1.82) is 5.26 Å². The standard InChI is InChI=1S/C19H20N10O/c1-13-10-15(28-6-8-30-9-7-28)25-17(21-2)16(13)26-27-18-14(11-20)12-24-29(18)19-22-4-3-5-23-19/h3-5,10,12H,6-9H2,1-2H3,(H,21,25). The molecule has 3 aromatic rings. The number of morpholine rings is 1. The summed E-state index contributed by atoms with van der Waals surface area (Å²) in [5, 5.41) is 25.4. The summed E-state index contributed by atoms with van der Waals surface area (Å²) >= 11 is 0. The average Bonchev–Trinajstić information content (AvgIpc) is 3.22. The number of rotatable bonds is 5. The van der Waals surface area contributed by atoms with Crippen molar-refractivity contribution in [3.8, 4) is 12.0 Å². The topological polar surface area (TPSA) is 130 Å². The van der Waals surface area contributed by atoms with Crippen LogP contribution < -0.4 is 10.2 Å². The van der Waals surface area contributed by atoms with Gasteiger partial charge in [0, 0.05) is 32.5 Å². The van der Waals surface area contributed by atoms with Crippen LogP contribution in [0.1, 0.15) is 11.1 Å². The number of hydrogen-bond donors (Lipinski definition) is 1. The highest BCUT2D eigenvalue weighted by Crippen LogP contribution is 2.33. The molecule has 0 saturated carbocycles. The molecular weight excluding hydrogens is 384 g/mol. The van der Waals surface area contributed by atoms with Gasteiger partial charge in [-0.1, -0.05) is 0 Å². The molecule has 4 heterocycles. The molecule has 4 rings (SSSR count). The third-order valence-electron chi connectivity index (χ3n) is 4.59. The third-order valence-corrected chi connectivity index (χ3v) is 4.59. The second-order valence-electron chi connectivity index (χ2n) is 6.50. The van der Waals surface area contributed by atoms with E-state index in [1.807, 2.05) is 13.0 Å². The zero-order valence-corrected chi connectivity index (χ0v) is 16.6. The first-order valence-corrected chi connectivity index (χ1v) is 9.40. The van der Waals surface area contributed by atoms with Crippen molar-refractivity contribution in [2.45, 2.75) is 6.92 Å². The van der Waals surface area contributed by atoms with Gasteiger partial charge < -0.3 is 15.0 Å². The number of nitriles is 1. The van der Waals surface area contributed by atoms with Crippen LogP contribution in [-0.2, 0) is 4.74 Å². The van der Waals surface area contributed by atoms with Crippen molar-refractivity contribution < 1.29 is 4.74 Å². The maximum atomic E-state index is 9.43. The first-order valence-electron chi connectivity index (χ1n) is 9.40. The van der Waals surface area contributed by atoms with Crippen LogP contribution in [-0.4, -0.2) is 58.1 Å². The van der Waals surface area contributed by atoms with Crippen LogP contribution in [0.15, 0.2) is 41.0 Å². The molecule has 11 nitrogen and oxygen atoms in total. The number of pyridine rings is 1. The van der Waals surface area contributed by atoms with Gasteiger partial charge in [0.15, 0.2) is 11.6 Å². The van der Waals surface area contributed by atoms with Crippen LogP contribution in [0.2, 0.25) is 0 Å². The van der Waals surface area contributed by atoms with Crippen molar-refractivity contribution >= 4 is 23.1 Å². The molecule has 0 atom stereocenters. The smallest absolute Gasteiger partial charge is 0.252 e. The van der Waals surface area contributed by atoms with E-state index in [2.05, 4.69) is 41.6 Å². The zero-order chi connectivity index (χ0) is 20.9. The largest absolute Gasteiger partial charge is 0.378 e. The Morgan fingerprint density at radius 1 is 1.20 bits per heavy atom. The first kappa shape index (κ1) is 19.4. The predicted molar refractivity (Wildman–Crippen MR) is 110 cm³/mol. The predicted octanol–water partition coefficient (Wildman–Crippen LogP) is 2.53. The Kier molecular flexibility index (Phi) is 5.58. The van der Waals surface area contributed by atoms with Gasteiger partial charge in [-0.15, -0.1) is 10.2 Å². The number of aryl methyl sites for hydroxylation is 1. The van der Waals surface area contributed by atoms with Gasteiger partial charge in [-0.05, 0) is 24.6 Å². The lowest BCUT2D eigenvalue weighted by Gasteiger charge is -2.28. The van der Waals surface area contributed by atoms with Crippen LogP contribution in [0, 0.1) is 18.3 Å². The highest BCUT2D eigenvalue weighted by atomic mass is 16.5. The minimum Gasteiger partial charge on any atom is -0.378 e. The monoisotopic (exact) mass is 404 g/mol. The number of nitrogens with zero attached hydrogens (tertiary/aromatic N) is 9. The molecule has 1 aliphatic heterocycles. The van der Waals surface area contributed by atoms with Crippen LogP contribution in [0.25, 0.3) is 5.95 Å². The Morgan fingerprint density at radius 2 is 1.97 bits per heavy atom. The average molecular weight is 404 g/mol. The molecule has 1 N–H and O–H groups in total. The number of hydrogen-bond acceptors (Lipinski definition) is 10. The maximum Gasteiger partial charge on any atom is 0.252 e. The van der Waals surface area contributed by atoms with E-state index >= 15 is 0 Å². The molecule has 0 unspecified atom stereocenters. The lowest BCUT2D eigenvalue weighted by atomic mass is 10.2. The van der Waals surface area contributed by atoms with Crippen molar-refractivity contribution in [2.75, 3.05) is 43.6 Å². The van der Waals surface area contributed by atoms with E-state index in [0.29, 0.717) is 30.7 Å². The summed E-state index contributed by atoms with van der Waals surface area (Å²) in [5.41, 5.74) is 1.76. The number of nitrogens with one attached hydrogen (secondary N) is 1. The highest BCUT2D eigenvalue weighted by Gasteiger charge is 2.18. The molecule has 0 aliphatic carbocycles. The van der Waals surface area contributed by atoms with E-state index in [9.17, 15) is 5.26 Å². The van der Waals surface area contributed by atoms with Crippen molar-refractivity contribution in [3.63, 3.8) is 0 Å². The summed E-state index contributed by atoms with van der Waals surface area (Å²) in [6.07, 6.45) is 4.60. The SMILES string of the molecule is CNc1nc(N2CCOCC2)cc(C)c1N=Nc1c(C#N)cnn1-c1ncccn1. The number of aromatic nitrogens is 5. The van der Waals surface area contributed by atoms with Crippen LogP contribution in [0.3, 0.4) is 0 Å². The van der Waals surface area contributed by atoms with Crippen LogP contribution >= 0.6 is 0 Å². The molecule has 1 saturated heterocycles. The molecule has 3 aromatic heterocycles. The van der Waals surface area contributed by atoms with Gasteiger partial charge in [0.05, 0.1) is 19.4 Å². The number of anilines is 2. The normalized spacial score (nSPS) is 14.1. The second-order valence-corrected chi connectivity index (χ2v) is 6.50. The van der Waals surface area contributed by atoms with Crippen LogP contribution in [0.4, 0.5) is 23.1 Å². The zero-order valence-electron chi connectivity index (χ0n) is 16.6. The molecule has 30 heavy (non-hydrogen) atoms. The molecule has 0 bridgehead atoms. The van der Waals surface area contributed by atoms with Gasteiger partial charge in [-0.3, -0.25) is 0 Å². The molecule has 0 spiro atoms. The van der Waals surface area contributed by atoms with Crippen molar-refractivity contribution in [1.82, 2.24) is 24.7 Å².